The average Bonchev–Trinajstić information content (AvgIpc) is 1.91. The van der Waals surface area contributed by atoms with Gasteiger partial charge in [-0.2, -0.15) is 5.26 Å². The van der Waals surface area contributed by atoms with Gasteiger partial charge in [-0.25, -0.2) is 0 Å². The van der Waals surface area contributed by atoms with Gasteiger partial charge in [-0.3, -0.25) is 0 Å². The normalized spacial score (nSPS) is 4.09. The molecule has 4 heteroatoms. The maximum Gasteiger partial charge on any atom is 0.0992 e. The van der Waals surface area contributed by atoms with Gasteiger partial charge >= 0.3 is 0 Å². The molecule has 0 bridgehead atoms. The molecule has 0 saturated carbocycles. The number of rotatable bonds is 0. The molecule has 0 saturated heterocycles. The third-order valence-electron chi connectivity index (χ3n) is 0.0913. The second-order valence-corrected chi connectivity index (χ2v) is 1.78. The van der Waals surface area contributed by atoms with Crippen LogP contribution in [0.25, 0.3) is 0 Å². The highest BCUT2D eigenvalue weighted by Gasteiger charge is 1.60. The molecule has 0 aliphatic rings. The van der Waals surface area contributed by atoms with Gasteiger partial charge in [0.05, 0.1) is 10.6 Å². The van der Waals surface area contributed by atoms with Crippen molar-refractivity contribution < 1.29 is 0 Å². The molecule has 0 aromatic heterocycles. The van der Waals surface area contributed by atoms with Crippen LogP contribution in [-0.4, -0.2) is 0 Å². The molecule has 1 nitrogen and oxygen atoms in total. The lowest BCUT2D eigenvalue weighted by atomic mass is 10.8. The molecule has 0 heterocycles. The van der Waals surface area contributed by atoms with E-state index in [0.29, 0.717) is 0 Å². The molecule has 0 aliphatic carbocycles. The molecule has 0 rings (SSSR count). The van der Waals surface area contributed by atoms with E-state index in [2.05, 4.69) is 26.3 Å². The Morgan fingerprint density at radius 2 is 1.45 bits per heavy atom. The lowest BCUT2D eigenvalue weighted by Crippen LogP contribution is -1.24. The third kappa shape index (κ3) is 995. The summed E-state index contributed by atoms with van der Waals surface area (Å²) >= 11 is 9.69. The second kappa shape index (κ2) is 33.0. The van der Waals surface area contributed by atoms with Crippen LogP contribution in [0.3, 0.4) is 0 Å². The van der Waals surface area contributed by atoms with Crippen LogP contribution >= 0.6 is 40.2 Å². The summed E-state index contributed by atoms with van der Waals surface area (Å²) in [7, 11) is 0. The number of halogens is 3. The highest BCUT2D eigenvalue weighted by molar-refractivity contribution is 8.93. The van der Waals surface area contributed by atoms with E-state index in [1.807, 2.05) is 0 Å². The van der Waals surface area contributed by atoms with Crippen LogP contribution in [0.1, 0.15) is 0 Å². The minimum atomic E-state index is 0. The molecule has 0 N–H and O–H groups in total. The highest BCUT2D eigenvalue weighted by atomic mass is 79.9. The minimum Gasteiger partial charge on any atom is -0.193 e. The average molecular weight is 259 g/mol. The van der Waals surface area contributed by atoms with Crippen LogP contribution in [0.15, 0.2) is 36.9 Å². The Kier molecular flexibility index (Phi) is 67.3. The van der Waals surface area contributed by atoms with Crippen LogP contribution in [0.2, 0.25) is 0 Å². The first-order chi connectivity index (χ1) is 4.65. The van der Waals surface area contributed by atoms with E-state index >= 15 is 0 Å². The van der Waals surface area contributed by atoms with Gasteiger partial charge < -0.3 is 0 Å². The van der Waals surface area contributed by atoms with E-state index < -0.39 is 0 Å². The maximum atomic E-state index is 7.51. The van der Waals surface area contributed by atoms with Crippen molar-refractivity contribution in [2.45, 2.75) is 0 Å². The molecule has 0 aliphatic heterocycles. The standard InChI is InChI=1S/C3H3N.C2H2Cl2.C2H4.BrH/c1-2-3-4;1-2(3)4;1-2;/h2H,1H2;1H2;1-2H2;1H. The number of nitriles is 1. The first kappa shape index (κ1) is 22.4. The van der Waals surface area contributed by atoms with Crippen LogP contribution in [0.4, 0.5) is 0 Å². The Morgan fingerprint density at radius 1 is 1.36 bits per heavy atom. The van der Waals surface area contributed by atoms with E-state index in [9.17, 15) is 0 Å². The summed E-state index contributed by atoms with van der Waals surface area (Å²) in [6, 6.07) is 1.69. The fourth-order valence-electron chi connectivity index (χ4n) is 0. The topological polar surface area (TPSA) is 23.8 Å². The Balaban J connectivity index is -0.0000000339. The van der Waals surface area contributed by atoms with Crippen molar-refractivity contribution in [2.24, 2.45) is 0 Å². The molecule has 0 radical (unpaired) electrons. The van der Waals surface area contributed by atoms with Crippen LogP contribution in [-0.2, 0) is 0 Å². The highest BCUT2D eigenvalue weighted by Crippen LogP contribution is 1.98. The van der Waals surface area contributed by atoms with E-state index in [1.54, 1.807) is 6.07 Å². The van der Waals surface area contributed by atoms with Crippen LogP contribution < -0.4 is 0 Å². The van der Waals surface area contributed by atoms with Gasteiger partial charge in [0.1, 0.15) is 0 Å². The van der Waals surface area contributed by atoms with Gasteiger partial charge in [0.15, 0.2) is 0 Å². The van der Waals surface area contributed by atoms with Gasteiger partial charge in [-0.1, -0.05) is 36.4 Å². The van der Waals surface area contributed by atoms with Crippen molar-refractivity contribution in [3.63, 3.8) is 0 Å². The van der Waals surface area contributed by atoms with Gasteiger partial charge in [0.25, 0.3) is 0 Å². The number of nitrogens with zero attached hydrogens (tertiary/aromatic N) is 1. The summed E-state index contributed by atoms with van der Waals surface area (Å²) in [5, 5.41) is 7.51. The summed E-state index contributed by atoms with van der Waals surface area (Å²) < 4.78 is 0.111. The fraction of sp³-hybridized carbons (Fsp3) is 0. The Bertz CT molecular complexity index is 125. The number of hydrogen-bond acceptors (Lipinski definition) is 1. The monoisotopic (exact) mass is 257 g/mol. The first-order valence-electron chi connectivity index (χ1n) is 2.15. The van der Waals surface area contributed by atoms with Gasteiger partial charge in [-0.05, 0) is 0 Å². The SMILES string of the molecule is Br.C=C.C=C(Cl)Cl.C=CC#N. The van der Waals surface area contributed by atoms with Crippen molar-refractivity contribution in [2.75, 3.05) is 0 Å². The zero-order valence-corrected chi connectivity index (χ0v) is 9.24. The molecule has 0 unspecified atom stereocenters. The molecule has 0 aromatic rings. The lowest BCUT2D eigenvalue weighted by Gasteiger charge is -1.57. The largest absolute Gasteiger partial charge is 0.193 e. The summed E-state index contributed by atoms with van der Waals surface area (Å²) in [6.07, 6.45) is 1.18. The van der Waals surface area contributed by atoms with Gasteiger partial charge in [0, 0.05) is 6.08 Å². The molecular weight excluding hydrogens is 249 g/mol. The summed E-state index contributed by atoms with van der Waals surface area (Å²) in [6.45, 7) is 12.2. The predicted molar refractivity (Wildman–Crippen MR) is 58.2 cm³/mol. The molecule has 0 aromatic carbocycles. The van der Waals surface area contributed by atoms with Crippen molar-refractivity contribution in [3.05, 3.63) is 36.9 Å². The third-order valence-corrected chi connectivity index (χ3v) is 0.0913. The van der Waals surface area contributed by atoms with Gasteiger partial charge in [0.2, 0.25) is 0 Å². The van der Waals surface area contributed by atoms with Crippen molar-refractivity contribution >= 4 is 40.2 Å². The molecule has 11 heavy (non-hydrogen) atoms. The quantitative estimate of drug-likeness (QED) is 0.476. The zero-order chi connectivity index (χ0) is 8.99. The van der Waals surface area contributed by atoms with Crippen molar-refractivity contribution in [3.8, 4) is 6.07 Å². The summed E-state index contributed by atoms with van der Waals surface area (Å²) in [5.74, 6) is 0. The smallest absolute Gasteiger partial charge is 0.0992 e. The number of allylic oxidation sites excluding steroid dienone is 1. The minimum absolute atomic E-state index is 0. The van der Waals surface area contributed by atoms with Crippen LogP contribution in [0, 0.1) is 11.3 Å². The zero-order valence-electron chi connectivity index (χ0n) is 6.02. The fourth-order valence-corrected chi connectivity index (χ4v) is 0. The van der Waals surface area contributed by atoms with Crippen LogP contribution in [0.5, 0.6) is 0 Å². The van der Waals surface area contributed by atoms with E-state index in [1.165, 1.54) is 6.08 Å². The Hall–Kier alpha value is -0.230. The van der Waals surface area contributed by atoms with E-state index in [-0.39, 0.29) is 21.5 Å². The van der Waals surface area contributed by atoms with Crippen molar-refractivity contribution in [1.29, 1.82) is 5.26 Å². The first-order valence-corrected chi connectivity index (χ1v) is 2.91. The molecular formula is C7H10BrCl2N. The van der Waals surface area contributed by atoms with E-state index in [0.717, 1.165) is 0 Å². The van der Waals surface area contributed by atoms with Crippen molar-refractivity contribution in [1.82, 2.24) is 0 Å². The number of hydrogen-bond donors (Lipinski definition) is 0. The molecule has 0 spiro atoms. The summed E-state index contributed by atoms with van der Waals surface area (Å²) in [4.78, 5) is 0. The molecule has 64 valence electrons. The maximum absolute atomic E-state index is 7.51. The molecule has 0 fully saturated rings. The lowest BCUT2D eigenvalue weighted by molar-refractivity contribution is 1.54. The predicted octanol–water partition coefficient (Wildman–Crippen LogP) is 4.01. The Morgan fingerprint density at radius 3 is 1.45 bits per heavy atom. The van der Waals surface area contributed by atoms with Gasteiger partial charge in [-0.15, -0.1) is 30.1 Å². The molecule has 0 atom stereocenters. The van der Waals surface area contributed by atoms with E-state index in [4.69, 9.17) is 28.5 Å². The summed E-state index contributed by atoms with van der Waals surface area (Å²) in [5.41, 5.74) is 0. The second-order valence-electron chi connectivity index (χ2n) is 0.672. The molecule has 0 amide bonds. The Labute approximate surface area is 88.4 Å².